The number of nitrogens with zero attached hydrogens (tertiary/aromatic N) is 3. The fraction of sp³-hybridized carbons (Fsp3) is 0.478. The molecule has 0 bridgehead atoms. The summed E-state index contributed by atoms with van der Waals surface area (Å²) in [6.45, 7) is 7.11. The molecule has 1 saturated heterocycles. The summed E-state index contributed by atoms with van der Waals surface area (Å²) in [7, 11) is -3.61. The number of hydrogen-bond donors (Lipinski definition) is 2. The quantitative estimate of drug-likeness (QED) is 0.570. The Balaban J connectivity index is 1.39. The van der Waals surface area contributed by atoms with Crippen LogP contribution in [0.3, 0.4) is 0 Å². The lowest BCUT2D eigenvalue weighted by Crippen LogP contribution is -2.38. The standard InChI is InChI=1S/C23H31N5O3S/c1-16-9-12-27(13-10-16)32(30,31)23-17(2)26-28(18(23)3)15-22(29)24-11-8-19-14-25-21-7-5-4-6-20(19)21/h4-7,14,16,25H,8-13,15H2,1-3H3,(H,24,29). The topological polar surface area (TPSA) is 100 Å². The van der Waals surface area contributed by atoms with Crippen molar-refractivity contribution in [3.8, 4) is 0 Å². The molecule has 0 spiro atoms. The highest BCUT2D eigenvalue weighted by molar-refractivity contribution is 7.89. The number of hydrogen-bond acceptors (Lipinski definition) is 4. The van der Waals surface area contributed by atoms with E-state index in [2.05, 4.69) is 28.4 Å². The van der Waals surface area contributed by atoms with Gasteiger partial charge < -0.3 is 10.3 Å². The molecular formula is C23H31N5O3S. The number of piperidine rings is 1. The number of H-pyrrole nitrogens is 1. The Morgan fingerprint density at radius 2 is 1.94 bits per heavy atom. The first-order valence-corrected chi connectivity index (χ1v) is 12.6. The number of aromatic amines is 1. The Kier molecular flexibility index (Phi) is 6.39. The summed E-state index contributed by atoms with van der Waals surface area (Å²) in [5, 5.41) is 8.45. The minimum atomic E-state index is -3.61. The second-order valence-corrected chi connectivity index (χ2v) is 10.6. The van der Waals surface area contributed by atoms with Gasteiger partial charge in [-0.25, -0.2) is 8.42 Å². The molecule has 1 fully saturated rings. The van der Waals surface area contributed by atoms with Crippen LogP contribution in [0.4, 0.5) is 0 Å². The predicted molar refractivity (Wildman–Crippen MR) is 124 cm³/mol. The Labute approximate surface area is 189 Å². The molecule has 172 valence electrons. The van der Waals surface area contributed by atoms with Crippen molar-refractivity contribution in [1.82, 2.24) is 24.4 Å². The molecule has 1 amide bonds. The van der Waals surface area contributed by atoms with Crippen molar-refractivity contribution in [2.75, 3.05) is 19.6 Å². The molecule has 3 heterocycles. The third-order valence-corrected chi connectivity index (χ3v) is 8.49. The van der Waals surface area contributed by atoms with E-state index in [0.29, 0.717) is 43.4 Å². The predicted octanol–water partition coefficient (Wildman–Crippen LogP) is 2.76. The Morgan fingerprint density at radius 3 is 2.69 bits per heavy atom. The number of para-hydroxylation sites is 1. The lowest BCUT2D eigenvalue weighted by Gasteiger charge is -2.29. The van der Waals surface area contributed by atoms with Gasteiger partial charge in [0.05, 0.1) is 11.4 Å². The van der Waals surface area contributed by atoms with E-state index in [1.807, 2.05) is 24.4 Å². The van der Waals surface area contributed by atoms with Gasteiger partial charge in [0, 0.05) is 36.7 Å². The van der Waals surface area contributed by atoms with Crippen molar-refractivity contribution in [3.05, 3.63) is 47.4 Å². The number of rotatable bonds is 7. The van der Waals surface area contributed by atoms with Crippen LogP contribution in [-0.2, 0) is 27.8 Å². The first kappa shape index (κ1) is 22.5. The summed E-state index contributed by atoms with van der Waals surface area (Å²) >= 11 is 0. The third kappa shape index (κ3) is 4.45. The Hall–Kier alpha value is -2.65. The minimum absolute atomic E-state index is 0.00683. The van der Waals surface area contributed by atoms with Crippen LogP contribution >= 0.6 is 0 Å². The van der Waals surface area contributed by atoms with Crippen LogP contribution in [0.5, 0.6) is 0 Å². The number of nitrogens with one attached hydrogen (secondary N) is 2. The molecule has 1 aromatic carbocycles. The third-order valence-electron chi connectivity index (χ3n) is 6.34. The maximum atomic E-state index is 13.2. The molecule has 0 atom stereocenters. The van der Waals surface area contributed by atoms with E-state index < -0.39 is 10.0 Å². The Morgan fingerprint density at radius 1 is 1.22 bits per heavy atom. The van der Waals surface area contributed by atoms with Gasteiger partial charge in [-0.1, -0.05) is 25.1 Å². The van der Waals surface area contributed by atoms with E-state index in [1.54, 1.807) is 18.2 Å². The van der Waals surface area contributed by atoms with Crippen LogP contribution in [-0.4, -0.2) is 53.0 Å². The number of fused-ring (bicyclic) bond motifs is 1. The van der Waals surface area contributed by atoms with Gasteiger partial charge in [0.15, 0.2) is 0 Å². The summed E-state index contributed by atoms with van der Waals surface area (Å²) in [4.78, 5) is 16.0. The monoisotopic (exact) mass is 457 g/mol. The van der Waals surface area contributed by atoms with Gasteiger partial charge in [-0.05, 0) is 50.7 Å². The molecule has 1 aliphatic rings. The Bertz CT molecular complexity index is 1220. The van der Waals surface area contributed by atoms with Crippen LogP contribution in [0.25, 0.3) is 10.9 Å². The first-order valence-electron chi connectivity index (χ1n) is 11.1. The molecular weight excluding hydrogens is 426 g/mol. The number of aromatic nitrogens is 3. The summed E-state index contributed by atoms with van der Waals surface area (Å²) in [6, 6.07) is 8.07. The van der Waals surface area contributed by atoms with Crippen molar-refractivity contribution in [3.63, 3.8) is 0 Å². The van der Waals surface area contributed by atoms with Gasteiger partial charge in [-0.15, -0.1) is 0 Å². The molecule has 0 unspecified atom stereocenters. The number of carbonyl (C=O) groups is 1. The van der Waals surface area contributed by atoms with E-state index in [4.69, 9.17) is 0 Å². The number of amides is 1. The largest absolute Gasteiger partial charge is 0.361 e. The van der Waals surface area contributed by atoms with E-state index in [0.717, 1.165) is 29.3 Å². The molecule has 0 saturated carbocycles. The van der Waals surface area contributed by atoms with E-state index in [-0.39, 0.29) is 17.3 Å². The van der Waals surface area contributed by atoms with Crippen LogP contribution in [0, 0.1) is 19.8 Å². The molecule has 9 heteroatoms. The molecule has 4 rings (SSSR count). The normalized spacial score (nSPS) is 16.0. The number of carbonyl (C=O) groups excluding carboxylic acids is 1. The molecule has 0 aliphatic carbocycles. The zero-order valence-corrected chi connectivity index (χ0v) is 19.7. The molecule has 3 aromatic rings. The summed E-state index contributed by atoms with van der Waals surface area (Å²) in [5.74, 6) is 0.352. The van der Waals surface area contributed by atoms with Gasteiger partial charge in [0.2, 0.25) is 15.9 Å². The van der Waals surface area contributed by atoms with Crippen LogP contribution in [0.2, 0.25) is 0 Å². The fourth-order valence-electron chi connectivity index (χ4n) is 4.43. The molecule has 32 heavy (non-hydrogen) atoms. The second kappa shape index (κ2) is 9.07. The van der Waals surface area contributed by atoms with Crippen LogP contribution in [0.15, 0.2) is 35.4 Å². The van der Waals surface area contributed by atoms with Crippen molar-refractivity contribution in [2.24, 2.45) is 5.92 Å². The minimum Gasteiger partial charge on any atom is -0.361 e. The maximum absolute atomic E-state index is 13.2. The lowest BCUT2D eigenvalue weighted by molar-refractivity contribution is -0.121. The average molecular weight is 458 g/mol. The van der Waals surface area contributed by atoms with Gasteiger partial charge in [-0.3, -0.25) is 9.48 Å². The zero-order chi connectivity index (χ0) is 22.9. The highest BCUT2D eigenvalue weighted by Crippen LogP contribution is 2.27. The lowest BCUT2D eigenvalue weighted by atomic mass is 10.0. The molecule has 8 nitrogen and oxygen atoms in total. The van der Waals surface area contributed by atoms with Gasteiger partial charge in [0.25, 0.3) is 0 Å². The van der Waals surface area contributed by atoms with Gasteiger partial charge in [-0.2, -0.15) is 9.40 Å². The van der Waals surface area contributed by atoms with Crippen LogP contribution < -0.4 is 5.32 Å². The molecule has 0 radical (unpaired) electrons. The fourth-order valence-corrected chi connectivity index (χ4v) is 6.27. The van der Waals surface area contributed by atoms with Crippen molar-refractivity contribution in [1.29, 1.82) is 0 Å². The second-order valence-electron chi connectivity index (χ2n) is 8.70. The van der Waals surface area contributed by atoms with Gasteiger partial charge in [0.1, 0.15) is 11.4 Å². The first-order chi connectivity index (χ1) is 15.3. The summed E-state index contributed by atoms with van der Waals surface area (Å²) < 4.78 is 29.5. The van der Waals surface area contributed by atoms with Crippen LogP contribution in [0.1, 0.15) is 36.7 Å². The van der Waals surface area contributed by atoms with Crippen molar-refractivity contribution >= 4 is 26.8 Å². The zero-order valence-electron chi connectivity index (χ0n) is 18.9. The smallest absolute Gasteiger partial charge is 0.246 e. The highest BCUT2D eigenvalue weighted by Gasteiger charge is 2.33. The number of sulfonamides is 1. The average Bonchev–Trinajstić information content (AvgIpc) is 3.29. The summed E-state index contributed by atoms with van der Waals surface area (Å²) in [6.07, 6.45) is 4.41. The van der Waals surface area contributed by atoms with Crippen molar-refractivity contribution in [2.45, 2.75) is 51.5 Å². The van der Waals surface area contributed by atoms with Crippen molar-refractivity contribution < 1.29 is 13.2 Å². The SMILES string of the molecule is Cc1nn(CC(=O)NCCc2c[nH]c3ccccc23)c(C)c1S(=O)(=O)N1CCC(C)CC1. The van der Waals surface area contributed by atoms with E-state index in [9.17, 15) is 13.2 Å². The molecule has 2 N–H and O–H groups in total. The highest BCUT2D eigenvalue weighted by atomic mass is 32.2. The number of benzene rings is 1. The van der Waals surface area contributed by atoms with E-state index in [1.165, 1.54) is 4.68 Å². The maximum Gasteiger partial charge on any atom is 0.246 e. The number of aryl methyl sites for hydroxylation is 1. The van der Waals surface area contributed by atoms with E-state index >= 15 is 0 Å². The van der Waals surface area contributed by atoms with Gasteiger partial charge >= 0.3 is 0 Å². The molecule has 1 aliphatic heterocycles. The summed E-state index contributed by atoms with van der Waals surface area (Å²) in [5.41, 5.74) is 3.17. The molecule has 2 aromatic heterocycles.